The van der Waals surface area contributed by atoms with Gasteiger partial charge in [0.15, 0.2) is 11.9 Å². The molecule has 0 spiro atoms. The van der Waals surface area contributed by atoms with Crippen LogP contribution in [0.5, 0.6) is 5.75 Å². The van der Waals surface area contributed by atoms with E-state index < -0.39 is 0 Å². The Morgan fingerprint density at radius 3 is 2.94 bits per heavy atom. The van der Waals surface area contributed by atoms with Crippen molar-refractivity contribution in [1.82, 2.24) is 0 Å². The molecule has 1 aliphatic rings. The van der Waals surface area contributed by atoms with E-state index in [2.05, 4.69) is 15.9 Å². The van der Waals surface area contributed by atoms with Crippen LogP contribution < -0.4 is 4.74 Å². The molecule has 0 unspecified atom stereocenters. The highest BCUT2D eigenvalue weighted by Crippen LogP contribution is 2.36. The lowest BCUT2D eigenvalue weighted by Gasteiger charge is -2.23. The molecule has 1 aromatic carbocycles. The number of fused-ring (bicyclic) bond motifs is 1. The molecule has 0 radical (unpaired) electrons. The lowest BCUT2D eigenvalue weighted by molar-refractivity contribution is 0.0817. The van der Waals surface area contributed by atoms with Gasteiger partial charge >= 0.3 is 0 Å². The zero-order chi connectivity index (χ0) is 11.8. The smallest absolute Gasteiger partial charge is 0.170 e. The van der Waals surface area contributed by atoms with Crippen molar-refractivity contribution >= 4 is 21.7 Å². The van der Waals surface area contributed by atoms with Crippen LogP contribution in [-0.2, 0) is 0 Å². The summed E-state index contributed by atoms with van der Waals surface area (Å²) in [6.45, 7) is 0. The Morgan fingerprint density at radius 1 is 1.29 bits per heavy atom. The van der Waals surface area contributed by atoms with E-state index in [0.29, 0.717) is 23.5 Å². The molecule has 0 amide bonds. The van der Waals surface area contributed by atoms with Crippen molar-refractivity contribution in [3.05, 3.63) is 52.4 Å². The molecule has 2 aromatic rings. The van der Waals surface area contributed by atoms with Crippen molar-refractivity contribution in [2.45, 2.75) is 12.5 Å². The summed E-state index contributed by atoms with van der Waals surface area (Å²) in [5, 5.41) is 0. The average molecular weight is 293 g/mol. The summed E-state index contributed by atoms with van der Waals surface area (Å²) >= 11 is 3.36. The van der Waals surface area contributed by atoms with Gasteiger partial charge in [-0.05, 0) is 30.3 Å². The minimum Gasteiger partial charge on any atom is -0.481 e. The average Bonchev–Trinajstić information content (AvgIpc) is 2.81. The van der Waals surface area contributed by atoms with Crippen molar-refractivity contribution in [1.29, 1.82) is 0 Å². The van der Waals surface area contributed by atoms with Crippen molar-refractivity contribution in [3.63, 3.8) is 0 Å². The van der Waals surface area contributed by atoms with Crippen molar-refractivity contribution < 1.29 is 13.9 Å². The highest BCUT2D eigenvalue weighted by Gasteiger charge is 2.29. The first-order valence-electron chi connectivity index (χ1n) is 5.27. The van der Waals surface area contributed by atoms with Gasteiger partial charge in [0.1, 0.15) is 11.5 Å². The normalized spacial score (nSPS) is 18.6. The van der Waals surface area contributed by atoms with Crippen molar-refractivity contribution in [2.75, 3.05) is 0 Å². The fourth-order valence-electron chi connectivity index (χ4n) is 1.93. The monoisotopic (exact) mass is 292 g/mol. The topological polar surface area (TPSA) is 39.4 Å². The predicted molar refractivity (Wildman–Crippen MR) is 65.2 cm³/mol. The van der Waals surface area contributed by atoms with Crippen LogP contribution in [0.25, 0.3) is 0 Å². The van der Waals surface area contributed by atoms with Crippen LogP contribution in [0.15, 0.2) is 45.5 Å². The van der Waals surface area contributed by atoms with Gasteiger partial charge in [0.25, 0.3) is 0 Å². The number of furan rings is 1. The summed E-state index contributed by atoms with van der Waals surface area (Å²) in [5.41, 5.74) is 0.635. The fraction of sp³-hybridized carbons (Fsp3) is 0.154. The van der Waals surface area contributed by atoms with E-state index in [9.17, 15) is 4.79 Å². The largest absolute Gasteiger partial charge is 0.481 e. The minimum absolute atomic E-state index is 0.0835. The van der Waals surface area contributed by atoms with Crippen LogP contribution in [0, 0.1) is 0 Å². The molecule has 1 aromatic heterocycles. The summed E-state index contributed by atoms with van der Waals surface area (Å²) in [6, 6.07) is 9.04. The van der Waals surface area contributed by atoms with E-state index in [4.69, 9.17) is 9.15 Å². The Bertz CT molecular complexity index is 560. The molecule has 0 N–H and O–H groups in total. The van der Waals surface area contributed by atoms with E-state index in [1.807, 2.05) is 18.2 Å². The molecule has 2 heterocycles. The lowest BCUT2D eigenvalue weighted by atomic mass is 10.00. The van der Waals surface area contributed by atoms with Crippen LogP contribution in [0.3, 0.4) is 0 Å². The Kier molecular flexibility index (Phi) is 2.52. The van der Waals surface area contributed by atoms with Gasteiger partial charge in [0, 0.05) is 4.47 Å². The van der Waals surface area contributed by atoms with E-state index in [1.54, 1.807) is 18.4 Å². The zero-order valence-corrected chi connectivity index (χ0v) is 10.4. The van der Waals surface area contributed by atoms with Gasteiger partial charge in [-0.25, -0.2) is 0 Å². The van der Waals surface area contributed by atoms with Gasteiger partial charge in [-0.1, -0.05) is 15.9 Å². The molecule has 1 atom stereocenters. The molecule has 0 bridgehead atoms. The van der Waals surface area contributed by atoms with Crippen LogP contribution >= 0.6 is 15.9 Å². The number of Topliss-reactive ketones (excluding diaryl/α,β-unsaturated/α-hetero) is 1. The molecule has 0 aliphatic carbocycles. The predicted octanol–water partition coefficient (Wildman–Crippen LogP) is 3.75. The summed E-state index contributed by atoms with van der Waals surface area (Å²) in [5.74, 6) is 1.38. The molecule has 86 valence electrons. The minimum atomic E-state index is -0.320. The lowest BCUT2D eigenvalue weighted by Crippen LogP contribution is -2.19. The Hall–Kier alpha value is -1.55. The number of hydrogen-bond acceptors (Lipinski definition) is 3. The molecular formula is C13H9BrO3. The Balaban J connectivity index is 2.00. The van der Waals surface area contributed by atoms with Gasteiger partial charge < -0.3 is 9.15 Å². The number of hydrogen-bond donors (Lipinski definition) is 0. The number of halogens is 1. The molecule has 1 aliphatic heterocycles. The molecule has 3 nitrogen and oxygen atoms in total. The number of carbonyl (C=O) groups is 1. The van der Waals surface area contributed by atoms with Crippen LogP contribution in [0.2, 0.25) is 0 Å². The molecule has 0 saturated carbocycles. The highest BCUT2D eigenvalue weighted by molar-refractivity contribution is 9.10. The first kappa shape index (κ1) is 10.6. The molecule has 17 heavy (non-hydrogen) atoms. The first-order chi connectivity index (χ1) is 8.24. The van der Waals surface area contributed by atoms with Crippen molar-refractivity contribution in [3.8, 4) is 5.75 Å². The number of ketones is 1. The third kappa shape index (κ3) is 1.89. The molecule has 0 fully saturated rings. The second-order valence-electron chi connectivity index (χ2n) is 3.89. The van der Waals surface area contributed by atoms with Crippen LogP contribution in [-0.4, -0.2) is 5.78 Å². The number of carbonyl (C=O) groups excluding carboxylic acids is 1. The first-order valence-corrected chi connectivity index (χ1v) is 6.06. The van der Waals surface area contributed by atoms with Gasteiger partial charge in [0.2, 0.25) is 0 Å². The third-order valence-corrected chi connectivity index (χ3v) is 3.24. The maximum Gasteiger partial charge on any atom is 0.170 e. The van der Waals surface area contributed by atoms with Crippen LogP contribution in [0.1, 0.15) is 28.6 Å². The molecule has 4 heteroatoms. The maximum atomic E-state index is 12.0. The van der Waals surface area contributed by atoms with Gasteiger partial charge in [0.05, 0.1) is 18.2 Å². The van der Waals surface area contributed by atoms with Crippen molar-refractivity contribution in [2.24, 2.45) is 0 Å². The second-order valence-corrected chi connectivity index (χ2v) is 4.81. The van der Waals surface area contributed by atoms with Gasteiger partial charge in [-0.15, -0.1) is 0 Å². The fourth-order valence-corrected chi connectivity index (χ4v) is 2.27. The Labute approximate surface area is 107 Å². The SMILES string of the molecule is O=C1C[C@H](c2ccco2)Oc2cc(Br)ccc21. The van der Waals surface area contributed by atoms with Gasteiger partial charge in [-0.2, -0.15) is 0 Å². The number of benzene rings is 1. The second kappa shape index (κ2) is 4.04. The maximum absolute atomic E-state index is 12.0. The van der Waals surface area contributed by atoms with Crippen LogP contribution in [0.4, 0.5) is 0 Å². The summed E-state index contributed by atoms with van der Waals surface area (Å²) < 4.78 is 12.0. The quantitative estimate of drug-likeness (QED) is 0.804. The van der Waals surface area contributed by atoms with E-state index >= 15 is 0 Å². The molecule has 3 rings (SSSR count). The van der Waals surface area contributed by atoms with E-state index in [1.165, 1.54) is 0 Å². The number of rotatable bonds is 1. The summed E-state index contributed by atoms with van der Waals surface area (Å²) in [6.07, 6.45) is 1.58. The Morgan fingerprint density at radius 2 is 2.18 bits per heavy atom. The summed E-state index contributed by atoms with van der Waals surface area (Å²) in [7, 11) is 0. The van der Waals surface area contributed by atoms with E-state index in [0.717, 1.165) is 4.47 Å². The summed E-state index contributed by atoms with van der Waals surface area (Å²) in [4.78, 5) is 12.0. The number of ether oxygens (including phenoxy) is 1. The highest BCUT2D eigenvalue weighted by atomic mass is 79.9. The molecular weight excluding hydrogens is 284 g/mol. The zero-order valence-electron chi connectivity index (χ0n) is 8.85. The standard InChI is InChI=1S/C13H9BrO3/c14-8-3-4-9-10(15)7-13(17-12(9)6-8)11-2-1-5-16-11/h1-6,13H,7H2/t13-/m1/s1. The third-order valence-electron chi connectivity index (χ3n) is 2.74. The van der Waals surface area contributed by atoms with Gasteiger partial charge in [-0.3, -0.25) is 4.79 Å². The molecule has 0 saturated heterocycles. The van der Waals surface area contributed by atoms with E-state index in [-0.39, 0.29) is 11.9 Å².